The molecule has 6 nitrogen and oxygen atoms in total. The number of esters is 1. The molecule has 2 unspecified atom stereocenters. The van der Waals surface area contributed by atoms with E-state index >= 15 is 0 Å². The number of carbonyl (C=O) groups is 2. The normalized spacial score (nSPS) is 12.9. The van der Waals surface area contributed by atoms with Gasteiger partial charge in [-0.3, -0.25) is 9.59 Å². The largest absolute Gasteiger partial charge is 0.466 e. The summed E-state index contributed by atoms with van der Waals surface area (Å²) in [4.78, 5) is 24.4. The molecule has 376 valence electrons. The van der Waals surface area contributed by atoms with Crippen LogP contribution in [-0.2, 0) is 14.3 Å². The fraction of sp³-hybridized carbons (Fsp3) is 0.862. The SMILES string of the molecule is CCCCC/C=C\CCCCCCCC(=O)OCCCCCCCCCCC/C=C\CCCCCCCC(=O)NC(CO)C(O)/C=C/CCCCCCCCCCCCCCCCC. The number of ether oxygens (including phenoxy) is 1. The number of hydrogen-bond acceptors (Lipinski definition) is 5. The lowest BCUT2D eigenvalue weighted by atomic mass is 10.0. The van der Waals surface area contributed by atoms with Gasteiger partial charge in [0.15, 0.2) is 0 Å². The van der Waals surface area contributed by atoms with Crippen LogP contribution < -0.4 is 5.32 Å². The zero-order chi connectivity index (χ0) is 46.5. The first kappa shape index (κ1) is 62.1. The van der Waals surface area contributed by atoms with Crippen LogP contribution >= 0.6 is 0 Å². The number of hydrogen-bond donors (Lipinski definition) is 3. The van der Waals surface area contributed by atoms with Crippen molar-refractivity contribution >= 4 is 11.9 Å². The van der Waals surface area contributed by atoms with Gasteiger partial charge in [0.25, 0.3) is 0 Å². The lowest BCUT2D eigenvalue weighted by molar-refractivity contribution is -0.143. The Morgan fingerprint density at radius 2 is 0.734 bits per heavy atom. The summed E-state index contributed by atoms with van der Waals surface area (Å²) in [6.07, 6.45) is 65.9. The topological polar surface area (TPSA) is 95.9 Å². The molecule has 0 saturated carbocycles. The van der Waals surface area contributed by atoms with Crippen LogP contribution in [-0.4, -0.2) is 47.4 Å². The first-order valence-corrected chi connectivity index (χ1v) is 28.3. The van der Waals surface area contributed by atoms with E-state index < -0.39 is 12.1 Å². The van der Waals surface area contributed by atoms with Gasteiger partial charge in [-0.05, 0) is 83.5 Å². The second-order valence-electron chi connectivity index (χ2n) is 19.3. The summed E-state index contributed by atoms with van der Waals surface area (Å²) in [5.74, 6) is -0.0899. The van der Waals surface area contributed by atoms with Crippen molar-refractivity contribution < 1.29 is 24.5 Å². The van der Waals surface area contributed by atoms with Gasteiger partial charge in [0.1, 0.15) is 0 Å². The quantitative estimate of drug-likeness (QED) is 0.0321. The number of nitrogens with one attached hydrogen (secondary N) is 1. The van der Waals surface area contributed by atoms with E-state index in [0.29, 0.717) is 19.4 Å². The number of aliphatic hydroxyl groups is 2. The van der Waals surface area contributed by atoms with Crippen molar-refractivity contribution in [1.29, 1.82) is 0 Å². The van der Waals surface area contributed by atoms with Gasteiger partial charge in [-0.1, -0.05) is 237 Å². The minimum atomic E-state index is -0.853. The third kappa shape index (κ3) is 49.5. The molecule has 0 aromatic rings. The van der Waals surface area contributed by atoms with Crippen LogP contribution in [0.15, 0.2) is 36.5 Å². The van der Waals surface area contributed by atoms with E-state index in [-0.39, 0.29) is 18.5 Å². The molecular formula is C58H109NO5. The van der Waals surface area contributed by atoms with Crippen LogP contribution in [0.4, 0.5) is 0 Å². The monoisotopic (exact) mass is 900 g/mol. The first-order valence-electron chi connectivity index (χ1n) is 28.3. The molecule has 0 saturated heterocycles. The van der Waals surface area contributed by atoms with Crippen LogP contribution in [0.5, 0.6) is 0 Å². The average Bonchev–Trinajstić information content (AvgIpc) is 3.29. The predicted octanol–water partition coefficient (Wildman–Crippen LogP) is 17.2. The second-order valence-corrected chi connectivity index (χ2v) is 19.3. The maximum absolute atomic E-state index is 12.5. The van der Waals surface area contributed by atoms with Gasteiger partial charge in [0, 0.05) is 12.8 Å². The third-order valence-electron chi connectivity index (χ3n) is 12.9. The van der Waals surface area contributed by atoms with E-state index in [1.807, 2.05) is 6.08 Å². The highest BCUT2D eigenvalue weighted by atomic mass is 16.5. The van der Waals surface area contributed by atoms with Crippen molar-refractivity contribution in [1.82, 2.24) is 5.32 Å². The molecule has 0 aromatic heterocycles. The Hall–Kier alpha value is -1.92. The highest BCUT2D eigenvalue weighted by molar-refractivity contribution is 5.76. The zero-order valence-electron chi connectivity index (χ0n) is 42.8. The van der Waals surface area contributed by atoms with Gasteiger partial charge in [-0.25, -0.2) is 0 Å². The van der Waals surface area contributed by atoms with E-state index in [1.165, 1.54) is 205 Å². The molecule has 0 aliphatic carbocycles. The highest BCUT2D eigenvalue weighted by Crippen LogP contribution is 2.16. The number of rotatable bonds is 52. The molecular weight excluding hydrogens is 791 g/mol. The molecule has 2 atom stereocenters. The zero-order valence-corrected chi connectivity index (χ0v) is 42.8. The molecule has 64 heavy (non-hydrogen) atoms. The highest BCUT2D eigenvalue weighted by Gasteiger charge is 2.18. The summed E-state index contributed by atoms with van der Waals surface area (Å²) in [7, 11) is 0. The van der Waals surface area contributed by atoms with E-state index in [9.17, 15) is 19.8 Å². The van der Waals surface area contributed by atoms with Crippen molar-refractivity contribution in [3.05, 3.63) is 36.5 Å². The van der Waals surface area contributed by atoms with E-state index in [2.05, 4.69) is 43.5 Å². The van der Waals surface area contributed by atoms with Gasteiger partial charge < -0.3 is 20.3 Å². The summed E-state index contributed by atoms with van der Waals surface area (Å²) in [5.41, 5.74) is 0. The minimum Gasteiger partial charge on any atom is -0.466 e. The lowest BCUT2D eigenvalue weighted by Gasteiger charge is -2.20. The number of allylic oxidation sites excluding steroid dienone is 5. The molecule has 0 aromatic carbocycles. The van der Waals surface area contributed by atoms with Gasteiger partial charge in [-0.2, -0.15) is 0 Å². The maximum Gasteiger partial charge on any atom is 0.305 e. The minimum absolute atomic E-state index is 0.00828. The van der Waals surface area contributed by atoms with Crippen LogP contribution in [0.25, 0.3) is 0 Å². The molecule has 0 spiro atoms. The second kappa shape index (κ2) is 53.7. The number of amides is 1. The van der Waals surface area contributed by atoms with Crippen LogP contribution in [0, 0.1) is 0 Å². The summed E-state index contributed by atoms with van der Waals surface area (Å²) in [5, 5.41) is 23.1. The summed E-state index contributed by atoms with van der Waals surface area (Å²) >= 11 is 0. The van der Waals surface area contributed by atoms with Crippen molar-refractivity contribution in [2.24, 2.45) is 0 Å². The lowest BCUT2D eigenvalue weighted by Crippen LogP contribution is -2.45. The molecule has 0 radical (unpaired) electrons. The van der Waals surface area contributed by atoms with Crippen molar-refractivity contribution in [2.75, 3.05) is 13.2 Å². The molecule has 1 amide bonds. The summed E-state index contributed by atoms with van der Waals surface area (Å²) in [6, 6.07) is -0.638. The molecule has 3 N–H and O–H groups in total. The van der Waals surface area contributed by atoms with Gasteiger partial charge in [0.2, 0.25) is 5.91 Å². The van der Waals surface area contributed by atoms with Gasteiger partial charge in [-0.15, -0.1) is 0 Å². The number of unbranched alkanes of at least 4 members (excludes halogenated alkanes) is 37. The van der Waals surface area contributed by atoms with Crippen molar-refractivity contribution in [2.45, 2.75) is 309 Å². The Bertz CT molecular complexity index is 1040. The Labute approximate surface area is 398 Å². The first-order chi connectivity index (χ1) is 31.5. The maximum atomic E-state index is 12.5. The van der Waals surface area contributed by atoms with Crippen molar-refractivity contribution in [3.8, 4) is 0 Å². The Kier molecular flexibility index (Phi) is 52.1. The molecule has 0 bridgehead atoms. The van der Waals surface area contributed by atoms with E-state index in [0.717, 1.165) is 64.2 Å². The molecule has 0 aliphatic heterocycles. The average molecular weight is 901 g/mol. The molecule has 0 aliphatic rings. The predicted molar refractivity (Wildman–Crippen MR) is 278 cm³/mol. The molecule has 6 heteroatoms. The van der Waals surface area contributed by atoms with Crippen molar-refractivity contribution in [3.63, 3.8) is 0 Å². The molecule has 0 fully saturated rings. The van der Waals surface area contributed by atoms with Crippen LogP contribution in [0.1, 0.15) is 296 Å². The fourth-order valence-corrected chi connectivity index (χ4v) is 8.50. The van der Waals surface area contributed by atoms with Crippen LogP contribution in [0.3, 0.4) is 0 Å². The van der Waals surface area contributed by atoms with E-state index in [1.54, 1.807) is 6.08 Å². The van der Waals surface area contributed by atoms with E-state index in [4.69, 9.17) is 4.74 Å². The Balaban J connectivity index is 3.50. The van der Waals surface area contributed by atoms with Gasteiger partial charge in [0.05, 0.1) is 25.4 Å². The Morgan fingerprint density at radius 1 is 0.422 bits per heavy atom. The summed E-state index contributed by atoms with van der Waals surface area (Å²) in [6.45, 7) is 4.87. The number of carbonyl (C=O) groups excluding carboxylic acids is 2. The molecule has 0 heterocycles. The fourth-order valence-electron chi connectivity index (χ4n) is 8.50. The molecule has 0 rings (SSSR count). The van der Waals surface area contributed by atoms with Gasteiger partial charge >= 0.3 is 5.97 Å². The summed E-state index contributed by atoms with van der Waals surface area (Å²) < 4.78 is 5.45. The Morgan fingerprint density at radius 3 is 1.14 bits per heavy atom. The third-order valence-corrected chi connectivity index (χ3v) is 12.9. The smallest absolute Gasteiger partial charge is 0.305 e. The standard InChI is InChI=1S/C58H109NO5/c1-3-5-7-9-11-13-15-17-18-21-24-27-30-34-38-42-46-50-56(61)55(54-60)59-57(62)51-47-43-39-35-31-28-25-22-19-20-23-26-29-33-37-41-45-49-53-64-58(63)52-48-44-40-36-32-16-14-12-10-8-6-4-2/h12,14,22,25,46,50,55-56,60-61H,3-11,13,15-21,23-24,26-45,47-49,51-54H2,1-2H3,(H,59,62)/b14-12-,25-22-,50-46+. The number of aliphatic hydroxyl groups excluding tert-OH is 2. The van der Waals surface area contributed by atoms with Crippen LogP contribution in [0.2, 0.25) is 0 Å².